The Morgan fingerprint density at radius 3 is 2.64 bits per heavy atom. The predicted molar refractivity (Wildman–Crippen MR) is 111 cm³/mol. The Balaban J connectivity index is 1.87. The number of nitrogens with zero attached hydrogens (tertiary/aromatic N) is 1. The van der Waals surface area contributed by atoms with Crippen molar-refractivity contribution in [2.45, 2.75) is 26.2 Å². The third kappa shape index (κ3) is 4.57. The molecule has 0 aliphatic rings. The predicted octanol–water partition coefficient (Wildman–Crippen LogP) is 4.82. The molecule has 144 valence electrons. The van der Waals surface area contributed by atoms with E-state index < -0.39 is 11.8 Å². The Bertz CT molecular complexity index is 1030. The molecule has 0 fully saturated rings. The zero-order chi connectivity index (χ0) is 20.1. The third-order valence-electron chi connectivity index (χ3n) is 4.38. The summed E-state index contributed by atoms with van der Waals surface area (Å²) < 4.78 is 5.24. The first-order chi connectivity index (χ1) is 13.5. The van der Waals surface area contributed by atoms with Gasteiger partial charge in [0.2, 0.25) is 0 Å². The van der Waals surface area contributed by atoms with Gasteiger partial charge in [0.25, 0.3) is 0 Å². The second-order valence-corrected chi connectivity index (χ2v) is 7.19. The molecule has 3 aromatic rings. The highest BCUT2D eigenvalue weighted by Gasteiger charge is 2.19. The van der Waals surface area contributed by atoms with E-state index in [0.29, 0.717) is 16.6 Å². The van der Waals surface area contributed by atoms with E-state index in [1.807, 2.05) is 42.5 Å². The highest BCUT2D eigenvalue weighted by molar-refractivity contribution is 9.10. The Morgan fingerprint density at radius 1 is 1.11 bits per heavy atom. The maximum Gasteiger partial charge on any atom is 0.306 e. The number of fused-ring (bicyclic) bond motifs is 1. The summed E-state index contributed by atoms with van der Waals surface area (Å²) in [6.45, 7) is 1.98. The number of benzene rings is 2. The number of carbonyl (C=O) groups excluding carboxylic acids is 2. The molecule has 0 unspecified atom stereocenters. The fourth-order valence-corrected chi connectivity index (χ4v) is 3.50. The fraction of sp³-hybridized carbons (Fsp3) is 0.227. The van der Waals surface area contributed by atoms with Crippen LogP contribution in [0.4, 0.5) is 0 Å². The minimum absolute atomic E-state index is 0.0334. The molecule has 0 radical (unpaired) electrons. The van der Waals surface area contributed by atoms with Crippen LogP contribution in [0.2, 0.25) is 0 Å². The first kappa shape index (κ1) is 20.0. The summed E-state index contributed by atoms with van der Waals surface area (Å²) in [4.78, 5) is 28.4. The van der Waals surface area contributed by atoms with Gasteiger partial charge in [-0.15, -0.1) is 0 Å². The molecule has 5 nitrogen and oxygen atoms in total. The molecule has 2 aromatic carbocycles. The van der Waals surface area contributed by atoms with Crippen molar-refractivity contribution in [3.05, 3.63) is 70.0 Å². The molecule has 28 heavy (non-hydrogen) atoms. The molecule has 0 bridgehead atoms. The SMILES string of the molecule is CCOC(=O)CCC(=O)c1nc(Cc2cccc3ccccc23)cc(Br)c1O. The van der Waals surface area contributed by atoms with Crippen LogP contribution in [-0.4, -0.2) is 28.4 Å². The molecule has 1 aromatic heterocycles. The van der Waals surface area contributed by atoms with E-state index in [2.05, 4.69) is 20.9 Å². The number of esters is 1. The van der Waals surface area contributed by atoms with Gasteiger partial charge in [-0.3, -0.25) is 9.59 Å². The van der Waals surface area contributed by atoms with Crippen LogP contribution in [0.3, 0.4) is 0 Å². The number of aromatic nitrogens is 1. The van der Waals surface area contributed by atoms with Crippen LogP contribution in [-0.2, 0) is 16.0 Å². The first-order valence-corrected chi connectivity index (χ1v) is 9.82. The Kier molecular flexibility index (Phi) is 6.41. The van der Waals surface area contributed by atoms with Crippen LogP contribution in [0, 0.1) is 0 Å². The van der Waals surface area contributed by atoms with E-state index >= 15 is 0 Å². The molecule has 0 aliphatic carbocycles. The van der Waals surface area contributed by atoms with E-state index in [4.69, 9.17) is 4.74 Å². The number of ether oxygens (including phenoxy) is 1. The van der Waals surface area contributed by atoms with Gasteiger partial charge in [0.1, 0.15) is 5.69 Å². The van der Waals surface area contributed by atoms with Crippen LogP contribution in [0.5, 0.6) is 5.75 Å². The maximum absolute atomic E-state index is 12.5. The summed E-state index contributed by atoms with van der Waals surface area (Å²) in [5, 5.41) is 12.5. The second-order valence-electron chi connectivity index (χ2n) is 6.34. The second kappa shape index (κ2) is 8.97. The number of rotatable bonds is 7. The average Bonchev–Trinajstić information content (AvgIpc) is 2.69. The van der Waals surface area contributed by atoms with E-state index in [9.17, 15) is 14.7 Å². The van der Waals surface area contributed by atoms with Gasteiger partial charge in [-0.2, -0.15) is 0 Å². The molecule has 1 N–H and O–H groups in total. The molecular weight excluding hydrogens is 422 g/mol. The normalized spacial score (nSPS) is 10.8. The van der Waals surface area contributed by atoms with Crippen LogP contribution in [0.1, 0.15) is 41.5 Å². The summed E-state index contributed by atoms with van der Waals surface area (Å²) in [6, 6.07) is 15.8. The van der Waals surface area contributed by atoms with Crippen molar-refractivity contribution in [3.63, 3.8) is 0 Å². The van der Waals surface area contributed by atoms with E-state index in [1.54, 1.807) is 13.0 Å². The number of hydrogen-bond acceptors (Lipinski definition) is 5. The fourth-order valence-electron chi connectivity index (χ4n) is 3.05. The molecule has 1 heterocycles. The van der Waals surface area contributed by atoms with Crippen LogP contribution < -0.4 is 0 Å². The molecule has 0 aliphatic heterocycles. The molecule has 0 amide bonds. The zero-order valence-electron chi connectivity index (χ0n) is 15.4. The molecule has 6 heteroatoms. The van der Waals surface area contributed by atoms with Gasteiger partial charge in [0.15, 0.2) is 11.5 Å². The quantitative estimate of drug-likeness (QED) is 0.420. The van der Waals surface area contributed by atoms with Crippen molar-refractivity contribution in [2.75, 3.05) is 6.61 Å². The Morgan fingerprint density at radius 2 is 1.86 bits per heavy atom. The van der Waals surface area contributed by atoms with Gasteiger partial charge < -0.3 is 9.84 Å². The number of Topliss-reactive ketones (excluding diaryl/α,β-unsaturated/α-hetero) is 1. The summed E-state index contributed by atoms with van der Waals surface area (Å²) in [7, 11) is 0. The van der Waals surface area contributed by atoms with Gasteiger partial charge in [-0.1, -0.05) is 42.5 Å². The maximum atomic E-state index is 12.5. The summed E-state index contributed by atoms with van der Waals surface area (Å²) >= 11 is 3.30. The average molecular weight is 442 g/mol. The van der Waals surface area contributed by atoms with Gasteiger partial charge in [0, 0.05) is 18.5 Å². The standard InChI is InChI=1S/C22H20BrNO4/c1-2-28-20(26)11-10-19(25)21-22(27)18(23)13-16(24-21)12-15-8-5-7-14-6-3-4-9-17(14)15/h3-9,13,27H,2,10-12H2,1H3. The topological polar surface area (TPSA) is 76.5 Å². The lowest BCUT2D eigenvalue weighted by Gasteiger charge is -2.10. The monoisotopic (exact) mass is 441 g/mol. The van der Waals surface area contributed by atoms with E-state index in [0.717, 1.165) is 16.3 Å². The van der Waals surface area contributed by atoms with Gasteiger partial charge in [-0.25, -0.2) is 4.98 Å². The number of halogens is 1. The minimum atomic E-state index is -0.443. The molecule has 0 atom stereocenters. The summed E-state index contributed by atoms with van der Waals surface area (Å²) in [6.07, 6.45) is 0.404. The van der Waals surface area contributed by atoms with Crippen molar-refractivity contribution in [1.29, 1.82) is 0 Å². The third-order valence-corrected chi connectivity index (χ3v) is 4.98. The molecular formula is C22H20BrNO4. The van der Waals surface area contributed by atoms with Crippen molar-refractivity contribution < 1.29 is 19.4 Å². The lowest BCUT2D eigenvalue weighted by Crippen LogP contribution is -2.10. The van der Waals surface area contributed by atoms with Crippen LogP contribution in [0.15, 0.2) is 53.0 Å². The van der Waals surface area contributed by atoms with Crippen molar-refractivity contribution in [2.24, 2.45) is 0 Å². The van der Waals surface area contributed by atoms with Crippen molar-refractivity contribution in [3.8, 4) is 5.75 Å². The van der Waals surface area contributed by atoms with Crippen LogP contribution >= 0.6 is 15.9 Å². The highest BCUT2D eigenvalue weighted by atomic mass is 79.9. The molecule has 0 saturated heterocycles. The number of ketones is 1. The summed E-state index contributed by atoms with van der Waals surface area (Å²) in [5.41, 5.74) is 1.70. The van der Waals surface area contributed by atoms with Gasteiger partial charge in [-0.05, 0) is 45.3 Å². The number of hydrogen-bond donors (Lipinski definition) is 1. The number of carbonyl (C=O) groups is 2. The molecule has 3 rings (SSSR count). The van der Waals surface area contributed by atoms with Crippen molar-refractivity contribution in [1.82, 2.24) is 4.98 Å². The lowest BCUT2D eigenvalue weighted by molar-refractivity contribution is -0.143. The van der Waals surface area contributed by atoms with Gasteiger partial charge >= 0.3 is 5.97 Å². The first-order valence-electron chi connectivity index (χ1n) is 9.03. The van der Waals surface area contributed by atoms with Crippen molar-refractivity contribution >= 4 is 38.5 Å². The Labute approximate surface area is 171 Å². The molecule has 0 spiro atoms. The number of aromatic hydroxyl groups is 1. The number of pyridine rings is 1. The highest BCUT2D eigenvalue weighted by Crippen LogP contribution is 2.30. The minimum Gasteiger partial charge on any atom is -0.504 e. The molecule has 0 saturated carbocycles. The van der Waals surface area contributed by atoms with E-state index in [1.165, 1.54) is 0 Å². The lowest BCUT2D eigenvalue weighted by atomic mass is 10.0. The largest absolute Gasteiger partial charge is 0.504 e. The smallest absolute Gasteiger partial charge is 0.306 e. The summed E-state index contributed by atoms with van der Waals surface area (Å²) in [5.74, 6) is -1.05. The Hall–Kier alpha value is -2.73. The zero-order valence-corrected chi connectivity index (χ0v) is 17.0. The van der Waals surface area contributed by atoms with Gasteiger partial charge in [0.05, 0.1) is 17.5 Å². The van der Waals surface area contributed by atoms with E-state index in [-0.39, 0.29) is 30.9 Å². The van der Waals surface area contributed by atoms with Crippen LogP contribution in [0.25, 0.3) is 10.8 Å².